The number of amides is 1. The molecule has 1 unspecified atom stereocenters. The summed E-state index contributed by atoms with van der Waals surface area (Å²) in [5.41, 5.74) is 5.73. The molecule has 2 aliphatic rings. The molecule has 2 fully saturated rings. The van der Waals surface area contributed by atoms with Crippen molar-refractivity contribution in [1.29, 1.82) is 0 Å². The van der Waals surface area contributed by atoms with E-state index in [0.717, 1.165) is 12.8 Å². The van der Waals surface area contributed by atoms with Gasteiger partial charge < -0.3 is 11.1 Å². The van der Waals surface area contributed by atoms with Gasteiger partial charge in [-0.1, -0.05) is 0 Å². The van der Waals surface area contributed by atoms with Crippen molar-refractivity contribution in [2.45, 2.75) is 30.8 Å². The van der Waals surface area contributed by atoms with Gasteiger partial charge in [0.1, 0.15) is 0 Å². The lowest BCUT2D eigenvalue weighted by molar-refractivity contribution is -0.119. The van der Waals surface area contributed by atoms with Crippen LogP contribution in [0.2, 0.25) is 0 Å². The zero-order valence-corrected chi connectivity index (χ0v) is 5.18. The van der Waals surface area contributed by atoms with E-state index in [-0.39, 0.29) is 17.5 Å². The Hall–Kier alpha value is -0.570. The number of nitrogens with two attached hydrogens (primary N) is 1. The fourth-order valence-electron chi connectivity index (χ4n) is 1.45. The lowest BCUT2D eigenvalue weighted by atomic mass is 10.1. The van der Waals surface area contributed by atoms with E-state index in [4.69, 9.17) is 5.73 Å². The second-order valence-corrected chi connectivity index (χ2v) is 3.01. The minimum atomic E-state index is 0.0527. The molecule has 1 atom stereocenters. The van der Waals surface area contributed by atoms with E-state index in [0.29, 0.717) is 6.42 Å². The van der Waals surface area contributed by atoms with Crippen LogP contribution in [0.3, 0.4) is 0 Å². The maximum absolute atomic E-state index is 10.7. The molecule has 2 rings (SSSR count). The molecule has 1 spiro atoms. The molecule has 1 amide bonds. The van der Waals surface area contributed by atoms with Gasteiger partial charge in [0.2, 0.25) is 5.91 Å². The average Bonchev–Trinajstić information content (AvgIpc) is 2.42. The van der Waals surface area contributed by atoms with Crippen molar-refractivity contribution < 1.29 is 4.79 Å². The van der Waals surface area contributed by atoms with Crippen LogP contribution < -0.4 is 11.1 Å². The summed E-state index contributed by atoms with van der Waals surface area (Å²) in [6.45, 7) is 0. The Morgan fingerprint density at radius 2 is 2.33 bits per heavy atom. The van der Waals surface area contributed by atoms with E-state index >= 15 is 0 Å². The zero-order chi connectivity index (χ0) is 6.48. The second kappa shape index (κ2) is 1.29. The third-order valence-electron chi connectivity index (χ3n) is 2.29. The second-order valence-electron chi connectivity index (χ2n) is 3.01. The van der Waals surface area contributed by atoms with E-state index in [1.54, 1.807) is 0 Å². The van der Waals surface area contributed by atoms with Crippen LogP contribution in [0.4, 0.5) is 0 Å². The van der Waals surface area contributed by atoms with E-state index in [1.165, 1.54) is 0 Å². The van der Waals surface area contributed by atoms with Gasteiger partial charge in [-0.15, -0.1) is 0 Å². The van der Waals surface area contributed by atoms with Gasteiger partial charge in [-0.3, -0.25) is 4.79 Å². The molecule has 3 heteroatoms. The van der Waals surface area contributed by atoms with Gasteiger partial charge in [0.15, 0.2) is 0 Å². The number of carbonyl (C=O) groups excluding carboxylic acids is 1. The van der Waals surface area contributed by atoms with Crippen molar-refractivity contribution in [3.63, 3.8) is 0 Å². The topological polar surface area (TPSA) is 55.1 Å². The van der Waals surface area contributed by atoms with Crippen molar-refractivity contribution in [3.8, 4) is 0 Å². The lowest BCUT2D eigenvalue weighted by Gasteiger charge is -2.10. The van der Waals surface area contributed by atoms with E-state index < -0.39 is 0 Å². The molecule has 0 aromatic heterocycles. The summed E-state index contributed by atoms with van der Waals surface area (Å²) >= 11 is 0. The number of rotatable bonds is 0. The number of hydrogen-bond acceptors (Lipinski definition) is 2. The number of nitrogens with one attached hydrogen (secondary N) is 1. The van der Waals surface area contributed by atoms with Crippen LogP contribution in [-0.2, 0) is 4.79 Å². The van der Waals surface area contributed by atoms with Gasteiger partial charge in [0.05, 0.1) is 5.54 Å². The molecule has 3 nitrogen and oxygen atoms in total. The van der Waals surface area contributed by atoms with E-state index in [2.05, 4.69) is 5.32 Å². The SMILES string of the molecule is NC1CC(=O)NC12CC2. The van der Waals surface area contributed by atoms with Gasteiger partial charge in [-0.25, -0.2) is 0 Å². The highest BCUT2D eigenvalue weighted by molar-refractivity contribution is 5.81. The summed E-state index contributed by atoms with van der Waals surface area (Å²) < 4.78 is 0. The monoisotopic (exact) mass is 126 g/mol. The summed E-state index contributed by atoms with van der Waals surface area (Å²) in [5.74, 6) is 0.125. The van der Waals surface area contributed by atoms with Crippen LogP contribution in [0.15, 0.2) is 0 Å². The summed E-state index contributed by atoms with van der Waals surface area (Å²) in [5, 5.41) is 2.89. The molecular weight excluding hydrogens is 116 g/mol. The van der Waals surface area contributed by atoms with Crippen LogP contribution in [0, 0.1) is 0 Å². The highest BCUT2D eigenvalue weighted by Crippen LogP contribution is 2.42. The molecule has 0 radical (unpaired) electrons. The number of carbonyl (C=O) groups is 1. The van der Waals surface area contributed by atoms with Crippen LogP contribution in [-0.4, -0.2) is 17.5 Å². The molecule has 1 heterocycles. The van der Waals surface area contributed by atoms with Crippen molar-refractivity contribution in [1.82, 2.24) is 5.32 Å². The van der Waals surface area contributed by atoms with Crippen molar-refractivity contribution in [2.75, 3.05) is 0 Å². The minimum Gasteiger partial charge on any atom is -0.349 e. The lowest BCUT2D eigenvalue weighted by Crippen LogP contribution is -2.38. The largest absolute Gasteiger partial charge is 0.349 e. The molecule has 3 N–H and O–H groups in total. The van der Waals surface area contributed by atoms with Gasteiger partial charge in [0, 0.05) is 12.5 Å². The molecule has 0 bridgehead atoms. The van der Waals surface area contributed by atoms with Gasteiger partial charge in [-0.2, -0.15) is 0 Å². The average molecular weight is 126 g/mol. The smallest absolute Gasteiger partial charge is 0.222 e. The molecule has 0 aromatic rings. The molecular formula is C6H10N2O. The normalized spacial score (nSPS) is 37.0. The highest BCUT2D eigenvalue weighted by atomic mass is 16.2. The van der Waals surface area contributed by atoms with E-state index in [9.17, 15) is 4.79 Å². The highest BCUT2D eigenvalue weighted by Gasteiger charge is 2.53. The van der Waals surface area contributed by atoms with Crippen molar-refractivity contribution in [3.05, 3.63) is 0 Å². The third kappa shape index (κ3) is 0.580. The fraction of sp³-hybridized carbons (Fsp3) is 0.833. The standard InChI is InChI=1S/C6H10N2O/c7-4-3-5(9)8-6(4)1-2-6/h4H,1-3,7H2,(H,8,9). The van der Waals surface area contributed by atoms with Gasteiger partial charge in [-0.05, 0) is 12.8 Å². The quantitative estimate of drug-likeness (QED) is 0.454. The molecule has 1 aliphatic heterocycles. The van der Waals surface area contributed by atoms with Crippen molar-refractivity contribution in [2.24, 2.45) is 5.73 Å². The Labute approximate surface area is 53.6 Å². The Kier molecular flexibility index (Phi) is 0.750. The Balaban J connectivity index is 2.19. The first-order valence-corrected chi connectivity index (χ1v) is 3.30. The first kappa shape index (κ1) is 5.23. The molecule has 50 valence electrons. The predicted molar refractivity (Wildman–Crippen MR) is 32.7 cm³/mol. The fourth-order valence-corrected chi connectivity index (χ4v) is 1.45. The Bertz CT molecular complexity index is 162. The first-order valence-electron chi connectivity index (χ1n) is 3.30. The summed E-state index contributed by atoms with van der Waals surface area (Å²) in [4.78, 5) is 10.7. The van der Waals surface area contributed by atoms with E-state index in [1.807, 2.05) is 0 Å². The van der Waals surface area contributed by atoms with Crippen molar-refractivity contribution >= 4 is 5.91 Å². The van der Waals surface area contributed by atoms with Crippen LogP contribution in [0.5, 0.6) is 0 Å². The molecule has 9 heavy (non-hydrogen) atoms. The third-order valence-corrected chi connectivity index (χ3v) is 2.29. The first-order chi connectivity index (χ1) is 4.23. The summed E-state index contributed by atoms with van der Waals surface area (Å²) in [7, 11) is 0. The maximum atomic E-state index is 10.7. The molecule has 1 aliphatic carbocycles. The maximum Gasteiger partial charge on any atom is 0.222 e. The Morgan fingerprint density at radius 3 is 2.56 bits per heavy atom. The zero-order valence-electron chi connectivity index (χ0n) is 5.18. The Morgan fingerprint density at radius 1 is 1.67 bits per heavy atom. The molecule has 1 saturated heterocycles. The summed E-state index contributed by atoms with van der Waals surface area (Å²) in [6.07, 6.45) is 2.69. The van der Waals surface area contributed by atoms with Gasteiger partial charge >= 0.3 is 0 Å². The summed E-state index contributed by atoms with van der Waals surface area (Å²) in [6, 6.07) is 0.0880. The molecule has 1 saturated carbocycles. The van der Waals surface area contributed by atoms with Gasteiger partial charge in [0.25, 0.3) is 0 Å². The predicted octanol–water partition coefficient (Wildman–Crippen LogP) is -0.634. The van der Waals surface area contributed by atoms with Crippen LogP contribution >= 0.6 is 0 Å². The molecule has 0 aromatic carbocycles. The van der Waals surface area contributed by atoms with Crippen LogP contribution in [0.1, 0.15) is 19.3 Å². The minimum absolute atomic E-state index is 0.0527. The van der Waals surface area contributed by atoms with Crippen LogP contribution in [0.25, 0.3) is 0 Å². The number of hydrogen-bond donors (Lipinski definition) is 2.